The third-order valence-electron chi connectivity index (χ3n) is 7.77. The van der Waals surface area contributed by atoms with Crippen LogP contribution in [-0.2, 0) is 11.2 Å². The van der Waals surface area contributed by atoms with Crippen molar-refractivity contribution in [3.63, 3.8) is 0 Å². The number of carbonyl (C=O) groups is 1. The van der Waals surface area contributed by atoms with Crippen LogP contribution < -0.4 is 14.8 Å². The molecule has 3 heterocycles. The molecule has 4 aliphatic rings. The molecule has 1 N–H and O–H groups in total. The van der Waals surface area contributed by atoms with Crippen molar-refractivity contribution in [2.75, 3.05) is 33.4 Å². The summed E-state index contributed by atoms with van der Waals surface area (Å²) in [5, 5.41) is 3.21. The third-order valence-corrected chi connectivity index (χ3v) is 7.77. The van der Waals surface area contributed by atoms with E-state index in [0.717, 1.165) is 67.1 Å². The Morgan fingerprint density at radius 1 is 1.18 bits per heavy atom. The van der Waals surface area contributed by atoms with Gasteiger partial charge in [0.05, 0.1) is 19.8 Å². The van der Waals surface area contributed by atoms with Crippen LogP contribution in [0.25, 0.3) is 11.1 Å². The lowest BCUT2D eigenvalue weighted by atomic mass is 9.85. The Labute approximate surface area is 202 Å². The molecule has 1 aliphatic carbocycles. The number of methoxy groups -OCH3 is 1. The Hall–Kier alpha value is -2.73. The van der Waals surface area contributed by atoms with Crippen molar-refractivity contribution < 1.29 is 19.0 Å². The van der Waals surface area contributed by atoms with Crippen LogP contribution in [0, 0.1) is 11.3 Å². The summed E-state index contributed by atoms with van der Waals surface area (Å²) < 4.78 is 17.5. The van der Waals surface area contributed by atoms with Gasteiger partial charge in [0.1, 0.15) is 17.6 Å². The summed E-state index contributed by atoms with van der Waals surface area (Å²) in [6.07, 6.45) is 2.81. The molecule has 0 aromatic heterocycles. The first kappa shape index (κ1) is 23.0. The monoisotopic (exact) mass is 464 g/mol. The number of hydrogen-bond acceptors (Lipinski definition) is 5. The van der Waals surface area contributed by atoms with Crippen molar-refractivity contribution in [1.29, 1.82) is 0 Å². The molecule has 6 rings (SSSR count). The fourth-order valence-electron chi connectivity index (χ4n) is 6.00. The molecule has 6 heteroatoms. The highest BCUT2D eigenvalue weighted by Crippen LogP contribution is 2.49. The van der Waals surface area contributed by atoms with Crippen LogP contribution in [0.1, 0.15) is 50.8 Å². The van der Waals surface area contributed by atoms with Crippen molar-refractivity contribution in [3.05, 3.63) is 47.5 Å². The number of benzene rings is 2. The Morgan fingerprint density at radius 2 is 1.97 bits per heavy atom. The minimum atomic E-state index is -0.308. The molecule has 182 valence electrons. The first-order valence-corrected chi connectivity index (χ1v) is 12.5. The molecule has 2 aromatic carbocycles. The van der Waals surface area contributed by atoms with E-state index in [1.807, 2.05) is 19.1 Å². The van der Waals surface area contributed by atoms with Gasteiger partial charge in [0.25, 0.3) is 0 Å². The van der Waals surface area contributed by atoms with Gasteiger partial charge in [-0.2, -0.15) is 0 Å². The molecule has 2 atom stereocenters. The Morgan fingerprint density at radius 3 is 2.65 bits per heavy atom. The molecule has 2 aromatic rings. The molecular formula is C28H36N2O4. The number of rotatable bonds is 6. The number of carbonyl (C=O) groups excluding carboxylic acids is 1. The number of ether oxygens (including phenoxy) is 3. The van der Waals surface area contributed by atoms with Gasteiger partial charge in [0.2, 0.25) is 0 Å². The fourth-order valence-corrected chi connectivity index (χ4v) is 6.00. The largest absolute Gasteiger partial charge is 0.496 e. The number of alkyl carbamates (subject to hydrolysis) is 1. The zero-order valence-electron chi connectivity index (χ0n) is 20.7. The summed E-state index contributed by atoms with van der Waals surface area (Å²) in [6, 6.07) is 12.3. The van der Waals surface area contributed by atoms with E-state index in [1.165, 1.54) is 5.56 Å². The molecule has 1 amide bonds. The third kappa shape index (κ3) is 4.36. The van der Waals surface area contributed by atoms with Crippen molar-refractivity contribution in [2.24, 2.45) is 11.3 Å². The summed E-state index contributed by atoms with van der Waals surface area (Å²) >= 11 is 0. The van der Waals surface area contributed by atoms with Gasteiger partial charge in [-0.15, -0.1) is 0 Å². The number of amides is 1. The second kappa shape index (κ2) is 9.14. The molecule has 6 nitrogen and oxygen atoms in total. The normalized spacial score (nSPS) is 26.6. The SMILES string of the molecule is CCOc1cccc(-c2cc3c(cc2OC)C(NC(=O)O[C@@H]2CN4CCC2CC4)C(C)(C)C3)c1. The van der Waals surface area contributed by atoms with Crippen LogP contribution in [0.15, 0.2) is 36.4 Å². The quantitative estimate of drug-likeness (QED) is 0.636. The van der Waals surface area contributed by atoms with Crippen molar-refractivity contribution in [1.82, 2.24) is 10.2 Å². The second-order valence-electron chi connectivity index (χ2n) is 10.5. The first-order valence-electron chi connectivity index (χ1n) is 12.5. The van der Waals surface area contributed by atoms with E-state index in [-0.39, 0.29) is 23.7 Å². The minimum absolute atomic E-state index is 0.000939. The minimum Gasteiger partial charge on any atom is -0.496 e. The molecule has 0 spiro atoms. The van der Waals surface area contributed by atoms with E-state index < -0.39 is 0 Å². The van der Waals surface area contributed by atoms with Crippen LogP contribution in [0.3, 0.4) is 0 Å². The van der Waals surface area contributed by atoms with Gasteiger partial charge in [-0.05, 0) is 91.6 Å². The van der Waals surface area contributed by atoms with Crippen LogP contribution in [-0.4, -0.2) is 50.4 Å². The molecule has 0 radical (unpaired) electrons. The van der Waals surface area contributed by atoms with Crippen LogP contribution in [0.4, 0.5) is 4.79 Å². The summed E-state index contributed by atoms with van der Waals surface area (Å²) in [5.41, 5.74) is 4.30. The standard InChI is InChI=1S/C28H36N2O4/c1-5-33-21-8-6-7-19(13-21)22-14-20-16-28(2,3)26(23(20)15-24(22)32-4)29-27(31)34-25-17-30-11-9-18(25)10-12-30/h6-8,13-15,18,25-26H,5,9-12,16-17H2,1-4H3,(H,29,31)/t25-,26?/m1/s1. The summed E-state index contributed by atoms with van der Waals surface area (Å²) in [6.45, 7) is 10.1. The van der Waals surface area contributed by atoms with Gasteiger partial charge in [0, 0.05) is 12.1 Å². The van der Waals surface area contributed by atoms with Gasteiger partial charge < -0.3 is 19.5 Å². The summed E-state index contributed by atoms with van der Waals surface area (Å²) in [5.74, 6) is 2.13. The molecule has 0 saturated carbocycles. The first-order chi connectivity index (χ1) is 16.4. The van der Waals surface area contributed by atoms with Gasteiger partial charge in [-0.3, -0.25) is 4.90 Å². The second-order valence-corrected chi connectivity index (χ2v) is 10.5. The Balaban J connectivity index is 1.39. The van der Waals surface area contributed by atoms with Crippen molar-refractivity contribution >= 4 is 6.09 Å². The van der Waals surface area contributed by atoms with E-state index in [9.17, 15) is 4.79 Å². The molecule has 3 fully saturated rings. The molecule has 3 saturated heterocycles. The maximum atomic E-state index is 13.0. The van der Waals surface area contributed by atoms with Crippen LogP contribution >= 0.6 is 0 Å². The maximum Gasteiger partial charge on any atom is 0.407 e. The van der Waals surface area contributed by atoms with E-state index in [0.29, 0.717) is 12.5 Å². The molecule has 1 unspecified atom stereocenters. The van der Waals surface area contributed by atoms with Gasteiger partial charge >= 0.3 is 6.09 Å². The van der Waals surface area contributed by atoms with E-state index >= 15 is 0 Å². The number of nitrogens with one attached hydrogen (secondary N) is 1. The van der Waals surface area contributed by atoms with E-state index in [4.69, 9.17) is 14.2 Å². The molecule has 2 bridgehead atoms. The highest BCUT2D eigenvalue weighted by atomic mass is 16.6. The van der Waals surface area contributed by atoms with E-state index in [2.05, 4.69) is 48.3 Å². The highest BCUT2D eigenvalue weighted by molar-refractivity contribution is 5.75. The number of fused-ring (bicyclic) bond motifs is 4. The highest BCUT2D eigenvalue weighted by Gasteiger charge is 2.42. The average Bonchev–Trinajstić information content (AvgIpc) is 3.07. The van der Waals surface area contributed by atoms with E-state index in [1.54, 1.807) is 7.11 Å². The van der Waals surface area contributed by atoms with Gasteiger partial charge in [-0.1, -0.05) is 26.0 Å². The van der Waals surface area contributed by atoms with Gasteiger partial charge in [0.15, 0.2) is 0 Å². The zero-order valence-corrected chi connectivity index (χ0v) is 20.7. The number of nitrogens with zero attached hydrogens (tertiary/aromatic N) is 1. The molecule has 3 aliphatic heterocycles. The topological polar surface area (TPSA) is 60.0 Å². The summed E-state index contributed by atoms with van der Waals surface area (Å²) in [4.78, 5) is 15.4. The number of hydrogen-bond donors (Lipinski definition) is 1. The average molecular weight is 465 g/mol. The van der Waals surface area contributed by atoms with Gasteiger partial charge in [-0.25, -0.2) is 4.79 Å². The predicted molar refractivity (Wildman–Crippen MR) is 132 cm³/mol. The van der Waals surface area contributed by atoms with Crippen molar-refractivity contribution in [2.45, 2.75) is 52.2 Å². The lowest BCUT2D eigenvalue weighted by molar-refractivity contribution is -0.0349. The molecular weight excluding hydrogens is 428 g/mol. The zero-order chi connectivity index (χ0) is 23.9. The molecule has 34 heavy (non-hydrogen) atoms. The smallest absolute Gasteiger partial charge is 0.407 e. The van der Waals surface area contributed by atoms with Crippen LogP contribution in [0.2, 0.25) is 0 Å². The maximum absolute atomic E-state index is 13.0. The lowest BCUT2D eigenvalue weighted by Gasteiger charge is -2.44. The lowest BCUT2D eigenvalue weighted by Crippen LogP contribution is -2.53. The van der Waals surface area contributed by atoms with Crippen molar-refractivity contribution in [3.8, 4) is 22.6 Å². The Kier molecular flexibility index (Phi) is 6.19. The summed E-state index contributed by atoms with van der Waals surface area (Å²) in [7, 11) is 1.70. The Bertz CT molecular complexity index is 1060. The number of piperidine rings is 3. The van der Waals surface area contributed by atoms with Crippen LogP contribution in [0.5, 0.6) is 11.5 Å². The fraction of sp³-hybridized carbons (Fsp3) is 0.536. The predicted octanol–water partition coefficient (Wildman–Crippen LogP) is 5.20.